The molecule has 2 unspecified atom stereocenters. The highest BCUT2D eigenvalue weighted by atomic mass is 35.5. The number of esters is 1. The Hall–Kier alpha value is -1.84. The van der Waals surface area contributed by atoms with E-state index >= 15 is 0 Å². The Balaban J connectivity index is 1.35. The predicted octanol–water partition coefficient (Wildman–Crippen LogP) is 5.02. The average molecular weight is 382 g/mol. The van der Waals surface area contributed by atoms with Crippen LogP contribution in [0.15, 0.2) is 36.4 Å². The van der Waals surface area contributed by atoms with E-state index in [-0.39, 0.29) is 18.0 Å². The smallest absolute Gasteiger partial charge is 0.310 e. The Morgan fingerprint density at radius 1 is 1.00 bits per heavy atom. The van der Waals surface area contributed by atoms with Crippen LogP contribution in [0, 0.1) is 5.92 Å². The molecule has 1 saturated heterocycles. The monoisotopic (exact) mass is 381 g/mol. The van der Waals surface area contributed by atoms with Gasteiger partial charge in [0.05, 0.1) is 5.92 Å². The number of rotatable bonds is 4. The third kappa shape index (κ3) is 3.39. The molecule has 27 heavy (non-hydrogen) atoms. The molecule has 1 heterocycles. The van der Waals surface area contributed by atoms with Crippen LogP contribution < -0.4 is 5.32 Å². The maximum Gasteiger partial charge on any atom is 0.310 e. The predicted molar refractivity (Wildman–Crippen MR) is 107 cm³/mol. The van der Waals surface area contributed by atoms with Crippen molar-refractivity contribution in [1.29, 1.82) is 0 Å². The zero-order valence-electron chi connectivity index (χ0n) is 15.3. The van der Waals surface area contributed by atoms with Gasteiger partial charge in [0.1, 0.15) is 6.10 Å². The molecule has 4 heteroatoms. The number of nitrogens with one attached hydrogen (secondary N) is 1. The summed E-state index contributed by atoms with van der Waals surface area (Å²) in [5.41, 5.74) is 6.08. The van der Waals surface area contributed by atoms with E-state index < -0.39 is 0 Å². The summed E-state index contributed by atoms with van der Waals surface area (Å²) in [6.07, 6.45) is 5.14. The maximum atomic E-state index is 12.4. The van der Waals surface area contributed by atoms with E-state index in [1.165, 1.54) is 35.1 Å². The van der Waals surface area contributed by atoms with Gasteiger partial charge in [-0.2, -0.15) is 0 Å². The van der Waals surface area contributed by atoms with Crippen molar-refractivity contribution in [2.75, 3.05) is 13.1 Å². The molecule has 1 saturated carbocycles. The van der Waals surface area contributed by atoms with Gasteiger partial charge < -0.3 is 10.1 Å². The molecule has 0 bridgehead atoms. The Morgan fingerprint density at radius 2 is 1.78 bits per heavy atom. The van der Waals surface area contributed by atoms with E-state index in [1.807, 2.05) is 0 Å². The number of fused-ring (bicyclic) bond motifs is 1. The van der Waals surface area contributed by atoms with Gasteiger partial charge in [-0.25, -0.2) is 0 Å². The number of benzene rings is 2. The van der Waals surface area contributed by atoms with Crippen LogP contribution in [-0.2, 0) is 16.0 Å². The van der Waals surface area contributed by atoms with Gasteiger partial charge in [-0.1, -0.05) is 41.9 Å². The van der Waals surface area contributed by atoms with Gasteiger partial charge in [-0.3, -0.25) is 4.79 Å². The lowest BCUT2D eigenvalue weighted by atomic mass is 9.98. The highest BCUT2D eigenvalue weighted by Gasteiger charge is 2.31. The second-order valence-electron chi connectivity index (χ2n) is 8.08. The SMILES string of the molecule is O=C(OC1CCc2cc(-c3ccc(C4CC4)c(Cl)c3)ccc21)C1CCNC1. The molecule has 0 amide bonds. The van der Waals surface area contributed by atoms with Crippen LogP contribution in [0.3, 0.4) is 0 Å². The number of aryl methyl sites for hydroxylation is 1. The molecule has 1 N–H and O–H groups in total. The summed E-state index contributed by atoms with van der Waals surface area (Å²) in [6.45, 7) is 1.65. The maximum absolute atomic E-state index is 12.4. The van der Waals surface area contributed by atoms with Crippen LogP contribution >= 0.6 is 11.6 Å². The van der Waals surface area contributed by atoms with Gasteiger partial charge in [0.15, 0.2) is 0 Å². The molecule has 2 fully saturated rings. The van der Waals surface area contributed by atoms with Gasteiger partial charge >= 0.3 is 5.97 Å². The van der Waals surface area contributed by atoms with Crippen LogP contribution in [0.2, 0.25) is 5.02 Å². The molecule has 140 valence electrons. The first-order valence-corrected chi connectivity index (χ1v) is 10.4. The first-order chi connectivity index (χ1) is 13.2. The minimum Gasteiger partial charge on any atom is -0.457 e. The second-order valence-corrected chi connectivity index (χ2v) is 8.49. The number of carbonyl (C=O) groups is 1. The minimum absolute atomic E-state index is 0.0143. The van der Waals surface area contributed by atoms with Gasteiger partial charge in [0, 0.05) is 11.6 Å². The summed E-state index contributed by atoms with van der Waals surface area (Å²) in [6, 6.07) is 13.0. The average Bonchev–Trinajstić information content (AvgIpc) is 3.21. The fourth-order valence-electron chi connectivity index (χ4n) is 4.40. The van der Waals surface area contributed by atoms with Crippen molar-refractivity contribution < 1.29 is 9.53 Å². The topological polar surface area (TPSA) is 38.3 Å². The summed E-state index contributed by atoms with van der Waals surface area (Å²) >= 11 is 6.51. The zero-order valence-corrected chi connectivity index (χ0v) is 16.1. The van der Waals surface area contributed by atoms with Crippen LogP contribution in [0.5, 0.6) is 0 Å². The number of ether oxygens (including phenoxy) is 1. The van der Waals surface area contributed by atoms with Crippen molar-refractivity contribution in [2.24, 2.45) is 5.92 Å². The van der Waals surface area contributed by atoms with Crippen LogP contribution in [0.1, 0.15) is 54.4 Å². The number of carbonyl (C=O) groups excluding carboxylic acids is 1. The minimum atomic E-state index is -0.0945. The molecule has 2 atom stereocenters. The van der Waals surface area contributed by atoms with Crippen LogP contribution in [0.25, 0.3) is 11.1 Å². The van der Waals surface area contributed by atoms with Gasteiger partial charge in [0.2, 0.25) is 0 Å². The van der Waals surface area contributed by atoms with Gasteiger partial charge in [0.25, 0.3) is 0 Å². The third-order valence-corrected chi connectivity index (χ3v) is 6.50. The largest absolute Gasteiger partial charge is 0.457 e. The Kier molecular flexibility index (Phi) is 4.45. The lowest BCUT2D eigenvalue weighted by molar-refractivity contribution is -0.153. The van der Waals surface area contributed by atoms with Crippen molar-refractivity contribution in [3.05, 3.63) is 58.1 Å². The molecule has 2 aromatic rings. The molecule has 2 aliphatic carbocycles. The Morgan fingerprint density at radius 3 is 2.48 bits per heavy atom. The quantitative estimate of drug-likeness (QED) is 0.755. The standard InChI is InChI=1S/C23H24ClNO2/c24-21-12-16(3-6-19(21)14-1-2-14)15-4-7-20-17(11-15)5-8-22(20)27-23(26)18-9-10-25-13-18/h3-4,6-7,11-12,14,18,22,25H,1-2,5,8-10,13H2. The van der Waals surface area contributed by atoms with E-state index in [0.717, 1.165) is 42.9 Å². The molecule has 0 spiro atoms. The molecular weight excluding hydrogens is 358 g/mol. The van der Waals surface area contributed by atoms with E-state index in [1.54, 1.807) is 0 Å². The normalized spacial score (nSPS) is 24.0. The summed E-state index contributed by atoms with van der Waals surface area (Å²) in [5.74, 6) is 0.627. The number of hydrogen-bond donors (Lipinski definition) is 1. The van der Waals surface area contributed by atoms with Crippen molar-refractivity contribution >= 4 is 17.6 Å². The van der Waals surface area contributed by atoms with Crippen LogP contribution in [-0.4, -0.2) is 19.1 Å². The summed E-state index contributed by atoms with van der Waals surface area (Å²) < 4.78 is 5.84. The summed E-state index contributed by atoms with van der Waals surface area (Å²) in [5, 5.41) is 4.11. The van der Waals surface area contributed by atoms with Gasteiger partial charge in [-0.05, 0) is 78.5 Å². The van der Waals surface area contributed by atoms with Crippen molar-refractivity contribution in [1.82, 2.24) is 5.32 Å². The summed E-state index contributed by atoms with van der Waals surface area (Å²) in [4.78, 5) is 12.4. The molecule has 2 aromatic carbocycles. The van der Waals surface area contributed by atoms with Crippen LogP contribution in [0.4, 0.5) is 0 Å². The highest BCUT2D eigenvalue weighted by molar-refractivity contribution is 6.31. The van der Waals surface area contributed by atoms with E-state index in [0.29, 0.717) is 5.92 Å². The van der Waals surface area contributed by atoms with E-state index in [2.05, 4.69) is 41.7 Å². The fourth-order valence-corrected chi connectivity index (χ4v) is 4.74. The lowest BCUT2D eigenvalue weighted by Gasteiger charge is -2.16. The molecule has 0 aromatic heterocycles. The molecule has 0 radical (unpaired) electrons. The Labute approximate surface area is 165 Å². The molecular formula is C23H24ClNO2. The van der Waals surface area contributed by atoms with E-state index in [4.69, 9.17) is 16.3 Å². The van der Waals surface area contributed by atoms with Crippen molar-refractivity contribution in [3.63, 3.8) is 0 Å². The zero-order chi connectivity index (χ0) is 18.4. The molecule has 3 aliphatic rings. The second kappa shape index (κ2) is 6.96. The Bertz CT molecular complexity index is 884. The molecule has 3 nitrogen and oxygen atoms in total. The third-order valence-electron chi connectivity index (χ3n) is 6.17. The van der Waals surface area contributed by atoms with Crippen molar-refractivity contribution in [2.45, 2.75) is 44.1 Å². The van der Waals surface area contributed by atoms with Gasteiger partial charge in [-0.15, -0.1) is 0 Å². The number of hydrogen-bond acceptors (Lipinski definition) is 3. The van der Waals surface area contributed by atoms with Crippen molar-refractivity contribution in [3.8, 4) is 11.1 Å². The van der Waals surface area contributed by atoms with E-state index in [9.17, 15) is 4.79 Å². The fraction of sp³-hybridized carbons (Fsp3) is 0.435. The lowest BCUT2D eigenvalue weighted by Crippen LogP contribution is -2.21. The number of halogens is 1. The first-order valence-electron chi connectivity index (χ1n) is 10.0. The first kappa shape index (κ1) is 17.3. The highest BCUT2D eigenvalue weighted by Crippen LogP contribution is 2.44. The molecule has 5 rings (SSSR count). The molecule has 1 aliphatic heterocycles. The summed E-state index contributed by atoms with van der Waals surface area (Å²) in [7, 11) is 0.